The Morgan fingerprint density at radius 3 is 2.50 bits per heavy atom. The number of esters is 1. The van der Waals surface area contributed by atoms with E-state index in [2.05, 4.69) is 15.9 Å². The highest BCUT2D eigenvalue weighted by molar-refractivity contribution is 9.10. The Hall–Kier alpha value is -1.45. The minimum Gasteiger partial charge on any atom is -0.481 e. The Balaban J connectivity index is 3.05. The number of hydrogen-bond donors (Lipinski definition) is 1. The summed E-state index contributed by atoms with van der Waals surface area (Å²) in [6.07, 6.45) is -0.297. The fourth-order valence-corrected chi connectivity index (χ4v) is 3.80. The van der Waals surface area contributed by atoms with Gasteiger partial charge in [-0.2, -0.15) is 0 Å². The van der Waals surface area contributed by atoms with Gasteiger partial charge in [-0.15, -0.1) is 0 Å². The van der Waals surface area contributed by atoms with Crippen molar-refractivity contribution in [1.82, 2.24) is 4.31 Å². The molecule has 0 aliphatic carbocycles. The van der Waals surface area contributed by atoms with Gasteiger partial charge in [0.2, 0.25) is 10.0 Å². The van der Waals surface area contributed by atoms with Crippen LogP contribution in [0.25, 0.3) is 0 Å². The van der Waals surface area contributed by atoms with E-state index in [1.54, 1.807) is 6.92 Å². The van der Waals surface area contributed by atoms with Crippen molar-refractivity contribution in [2.45, 2.75) is 18.2 Å². The summed E-state index contributed by atoms with van der Waals surface area (Å²) < 4.78 is 30.7. The van der Waals surface area contributed by atoms with Crippen LogP contribution in [0.4, 0.5) is 0 Å². The number of hydrogen-bond acceptors (Lipinski definition) is 5. The van der Waals surface area contributed by atoms with Gasteiger partial charge in [-0.25, -0.2) is 17.5 Å². The summed E-state index contributed by atoms with van der Waals surface area (Å²) in [4.78, 5) is 22.1. The van der Waals surface area contributed by atoms with E-state index < -0.39 is 22.0 Å². The smallest absolute Gasteiger partial charge is 0.338 e. The van der Waals surface area contributed by atoms with E-state index in [0.29, 0.717) is 0 Å². The van der Waals surface area contributed by atoms with Gasteiger partial charge in [-0.3, -0.25) is 4.79 Å². The molecule has 0 heterocycles. The van der Waals surface area contributed by atoms with Crippen molar-refractivity contribution in [1.29, 1.82) is 0 Å². The number of rotatable bonds is 7. The first-order valence-corrected chi connectivity index (χ1v) is 8.58. The van der Waals surface area contributed by atoms with Gasteiger partial charge in [0.1, 0.15) is 0 Å². The number of ether oxygens (including phenoxy) is 1. The van der Waals surface area contributed by atoms with Gasteiger partial charge in [0, 0.05) is 18.1 Å². The van der Waals surface area contributed by atoms with E-state index >= 15 is 0 Å². The zero-order valence-corrected chi connectivity index (χ0v) is 14.5. The molecule has 9 heteroatoms. The molecule has 0 atom stereocenters. The van der Waals surface area contributed by atoms with Crippen LogP contribution in [0, 0.1) is 0 Å². The fraction of sp³-hybridized carbons (Fsp3) is 0.385. The number of benzene rings is 1. The van der Waals surface area contributed by atoms with Gasteiger partial charge in [-0.1, -0.05) is 0 Å². The van der Waals surface area contributed by atoms with Crippen molar-refractivity contribution < 1.29 is 27.9 Å². The zero-order valence-electron chi connectivity index (χ0n) is 12.1. The van der Waals surface area contributed by atoms with Crippen molar-refractivity contribution in [2.24, 2.45) is 0 Å². The zero-order chi connectivity index (χ0) is 16.9. The van der Waals surface area contributed by atoms with Crippen molar-refractivity contribution in [3.8, 4) is 0 Å². The third kappa shape index (κ3) is 4.52. The Bertz CT molecular complexity index is 673. The molecule has 0 spiro atoms. The standard InChI is InChI=1S/C13H16BrNO6S/c1-3-21-13(18)9-4-5-11(10(14)8-9)22(19,20)15(2)7-6-12(16)17/h4-5,8H,3,6-7H2,1-2H3,(H,16,17). The molecule has 1 N–H and O–H groups in total. The highest BCUT2D eigenvalue weighted by atomic mass is 79.9. The van der Waals surface area contributed by atoms with Crippen molar-refractivity contribution in [3.63, 3.8) is 0 Å². The van der Waals surface area contributed by atoms with E-state index in [4.69, 9.17) is 9.84 Å². The molecule has 0 saturated heterocycles. The van der Waals surface area contributed by atoms with Crippen LogP contribution in [0.5, 0.6) is 0 Å². The number of carboxylic acids is 1. The second-order valence-corrected chi connectivity index (χ2v) is 7.20. The first-order chi connectivity index (χ1) is 10.2. The first-order valence-electron chi connectivity index (χ1n) is 6.35. The lowest BCUT2D eigenvalue weighted by atomic mass is 10.2. The Morgan fingerprint density at radius 1 is 1.36 bits per heavy atom. The third-order valence-electron chi connectivity index (χ3n) is 2.77. The SMILES string of the molecule is CCOC(=O)c1ccc(S(=O)(=O)N(C)CCC(=O)O)c(Br)c1. The molecule has 0 unspecified atom stereocenters. The summed E-state index contributed by atoms with van der Waals surface area (Å²) in [6, 6.07) is 3.99. The Labute approximate surface area is 137 Å². The van der Waals surface area contributed by atoms with Crippen LogP contribution >= 0.6 is 15.9 Å². The summed E-state index contributed by atoms with van der Waals surface area (Å²) in [7, 11) is -2.55. The molecular formula is C13H16BrNO6S. The van der Waals surface area contributed by atoms with Gasteiger partial charge < -0.3 is 9.84 Å². The first kappa shape index (κ1) is 18.6. The molecule has 22 heavy (non-hydrogen) atoms. The lowest BCUT2D eigenvalue weighted by Crippen LogP contribution is -2.29. The molecule has 1 aromatic carbocycles. The summed E-state index contributed by atoms with van der Waals surface area (Å²) in [5.74, 6) is -1.63. The predicted molar refractivity (Wildman–Crippen MR) is 82.2 cm³/mol. The molecule has 0 aromatic heterocycles. The van der Waals surface area contributed by atoms with Gasteiger partial charge in [-0.05, 0) is 41.1 Å². The van der Waals surface area contributed by atoms with Gasteiger partial charge in [0.05, 0.1) is 23.5 Å². The van der Waals surface area contributed by atoms with Crippen LogP contribution in [0.2, 0.25) is 0 Å². The lowest BCUT2D eigenvalue weighted by Gasteiger charge is -2.17. The van der Waals surface area contributed by atoms with Gasteiger partial charge in [0.15, 0.2) is 0 Å². The monoisotopic (exact) mass is 393 g/mol. The normalized spacial score (nSPS) is 11.5. The number of halogens is 1. The van der Waals surface area contributed by atoms with E-state index in [0.717, 1.165) is 4.31 Å². The quantitative estimate of drug-likeness (QED) is 0.707. The van der Waals surface area contributed by atoms with Crippen LogP contribution in [0.1, 0.15) is 23.7 Å². The molecular weight excluding hydrogens is 378 g/mol. The number of sulfonamides is 1. The molecule has 122 valence electrons. The number of carboxylic acid groups (broad SMARTS) is 1. The summed E-state index contributed by atoms with van der Waals surface area (Å²) >= 11 is 3.12. The molecule has 1 aromatic rings. The molecule has 0 amide bonds. The van der Waals surface area contributed by atoms with Crippen LogP contribution in [0.15, 0.2) is 27.6 Å². The second-order valence-electron chi connectivity index (χ2n) is 4.34. The highest BCUT2D eigenvalue weighted by Crippen LogP contribution is 2.26. The topological polar surface area (TPSA) is 101 Å². The number of carbonyl (C=O) groups is 2. The molecule has 0 saturated carbocycles. The van der Waals surface area contributed by atoms with Crippen molar-refractivity contribution >= 4 is 37.9 Å². The molecule has 0 bridgehead atoms. The third-order valence-corrected chi connectivity index (χ3v) is 5.61. The van der Waals surface area contributed by atoms with Crippen molar-refractivity contribution in [3.05, 3.63) is 28.2 Å². The van der Waals surface area contributed by atoms with E-state index in [1.807, 2.05) is 0 Å². The van der Waals surface area contributed by atoms with Gasteiger partial charge >= 0.3 is 11.9 Å². The number of carbonyl (C=O) groups excluding carboxylic acids is 1. The minimum atomic E-state index is -3.85. The van der Waals surface area contributed by atoms with E-state index in [-0.39, 0.29) is 34.5 Å². The molecule has 0 aliphatic heterocycles. The largest absolute Gasteiger partial charge is 0.481 e. The fourth-order valence-electron chi connectivity index (χ4n) is 1.59. The maximum Gasteiger partial charge on any atom is 0.338 e. The number of nitrogens with zero attached hydrogens (tertiary/aromatic N) is 1. The highest BCUT2D eigenvalue weighted by Gasteiger charge is 2.24. The molecule has 0 radical (unpaired) electrons. The maximum atomic E-state index is 12.4. The Morgan fingerprint density at radius 2 is 2.00 bits per heavy atom. The number of aliphatic carboxylic acids is 1. The lowest BCUT2D eigenvalue weighted by molar-refractivity contribution is -0.137. The molecule has 0 aliphatic rings. The van der Waals surface area contributed by atoms with Crippen LogP contribution < -0.4 is 0 Å². The predicted octanol–water partition coefficient (Wildman–Crippen LogP) is 1.72. The molecule has 1 rings (SSSR count). The maximum absolute atomic E-state index is 12.4. The Kier molecular flexibility index (Phi) is 6.51. The van der Waals surface area contributed by atoms with Crippen molar-refractivity contribution in [2.75, 3.05) is 20.2 Å². The van der Waals surface area contributed by atoms with Crippen LogP contribution in [-0.4, -0.2) is 50.0 Å². The van der Waals surface area contributed by atoms with E-state index in [1.165, 1.54) is 25.2 Å². The summed E-state index contributed by atoms with van der Waals surface area (Å²) in [5, 5.41) is 8.62. The van der Waals surface area contributed by atoms with Crippen LogP contribution in [-0.2, 0) is 19.6 Å². The van der Waals surface area contributed by atoms with Gasteiger partial charge in [0.25, 0.3) is 0 Å². The van der Waals surface area contributed by atoms with E-state index in [9.17, 15) is 18.0 Å². The summed E-state index contributed by atoms with van der Waals surface area (Å²) in [5.41, 5.74) is 0.223. The minimum absolute atomic E-state index is 0.0477. The summed E-state index contributed by atoms with van der Waals surface area (Å²) in [6.45, 7) is 1.74. The average Bonchev–Trinajstić information content (AvgIpc) is 2.44. The second kappa shape index (κ2) is 7.70. The molecule has 0 fully saturated rings. The average molecular weight is 394 g/mol. The molecule has 7 nitrogen and oxygen atoms in total. The van der Waals surface area contributed by atoms with Crippen LogP contribution in [0.3, 0.4) is 0 Å².